The lowest BCUT2D eigenvalue weighted by Crippen LogP contribution is -2.09. The van der Waals surface area contributed by atoms with Crippen molar-refractivity contribution in [2.75, 3.05) is 0 Å². The van der Waals surface area contributed by atoms with Gasteiger partial charge in [0.1, 0.15) is 0 Å². The summed E-state index contributed by atoms with van der Waals surface area (Å²) in [6, 6.07) is 0. The van der Waals surface area contributed by atoms with E-state index in [0.29, 0.717) is 0 Å². The maximum atomic E-state index is 12.1. The van der Waals surface area contributed by atoms with Crippen molar-refractivity contribution in [1.82, 2.24) is 0 Å². The van der Waals surface area contributed by atoms with Crippen LogP contribution >= 0.6 is 0 Å². The van der Waals surface area contributed by atoms with E-state index >= 15 is 0 Å². The van der Waals surface area contributed by atoms with E-state index in [2.05, 4.69) is 6.58 Å². The first-order valence-electron chi connectivity index (χ1n) is 2.44. The minimum Gasteiger partial charge on any atom is -0.297 e. The van der Waals surface area contributed by atoms with E-state index in [1.54, 1.807) is 0 Å². The molecule has 1 nitrogen and oxygen atoms in total. The Morgan fingerprint density at radius 2 is 2.50 bits per heavy atom. The van der Waals surface area contributed by atoms with Gasteiger partial charge in [-0.25, -0.2) is 4.39 Å². The quantitative estimate of drug-likeness (QED) is 0.510. The van der Waals surface area contributed by atoms with Crippen LogP contribution in [0.3, 0.4) is 0 Å². The van der Waals surface area contributed by atoms with E-state index in [0.717, 1.165) is 0 Å². The van der Waals surface area contributed by atoms with Gasteiger partial charge in [-0.3, -0.25) is 4.79 Å². The lowest BCUT2D eigenvalue weighted by atomic mass is 10.2. The van der Waals surface area contributed by atoms with E-state index in [1.807, 2.05) is 0 Å². The molecular formula is C6H9FO. The number of hydrogen-bond acceptors (Lipinski definition) is 1. The van der Waals surface area contributed by atoms with E-state index in [1.165, 1.54) is 13.0 Å². The van der Waals surface area contributed by atoms with E-state index in [-0.39, 0.29) is 6.42 Å². The second kappa shape index (κ2) is 3.36. The molecule has 0 aromatic carbocycles. The normalized spacial score (nSPS) is 12.8. The number of ketones is 1. The zero-order valence-electron chi connectivity index (χ0n) is 4.86. The monoisotopic (exact) mass is 116 g/mol. The predicted molar refractivity (Wildman–Crippen MR) is 30.4 cm³/mol. The lowest BCUT2D eigenvalue weighted by Gasteiger charge is -1.95. The number of hydrogen-bond donors (Lipinski definition) is 0. The second-order valence-corrected chi connectivity index (χ2v) is 1.60. The SMILES string of the molecule is C=CC[C@@H](F)C(C)=O. The summed E-state index contributed by atoms with van der Waals surface area (Å²) in [6.07, 6.45) is 0.189. The Balaban J connectivity index is 3.46. The predicted octanol–water partition coefficient (Wildman–Crippen LogP) is 1.49. The highest BCUT2D eigenvalue weighted by molar-refractivity contribution is 5.80. The van der Waals surface area contributed by atoms with Crippen LogP contribution in [-0.2, 0) is 4.79 Å². The van der Waals surface area contributed by atoms with Crippen LogP contribution in [0, 0.1) is 0 Å². The molecule has 8 heavy (non-hydrogen) atoms. The molecule has 0 aliphatic heterocycles. The average molecular weight is 116 g/mol. The molecule has 0 spiro atoms. The molecule has 0 aliphatic carbocycles. The van der Waals surface area contributed by atoms with Gasteiger partial charge in [-0.15, -0.1) is 6.58 Å². The summed E-state index contributed by atoms with van der Waals surface area (Å²) in [6.45, 7) is 4.52. The number of allylic oxidation sites excluding steroid dienone is 1. The van der Waals surface area contributed by atoms with Crippen molar-refractivity contribution in [1.29, 1.82) is 0 Å². The minimum absolute atomic E-state index is 0.134. The second-order valence-electron chi connectivity index (χ2n) is 1.60. The van der Waals surface area contributed by atoms with Crippen LogP contribution in [0.4, 0.5) is 4.39 Å². The van der Waals surface area contributed by atoms with Crippen molar-refractivity contribution in [3.63, 3.8) is 0 Å². The Labute approximate surface area is 48.2 Å². The summed E-state index contributed by atoms with van der Waals surface area (Å²) in [5, 5.41) is 0. The first kappa shape index (κ1) is 7.34. The Kier molecular flexibility index (Phi) is 3.08. The van der Waals surface area contributed by atoms with Gasteiger partial charge in [0, 0.05) is 6.42 Å². The summed E-state index contributed by atoms with van der Waals surface area (Å²) in [5.74, 6) is -0.426. The van der Waals surface area contributed by atoms with Crippen LogP contribution < -0.4 is 0 Å². The summed E-state index contributed by atoms with van der Waals surface area (Å²) >= 11 is 0. The molecule has 1 atom stereocenters. The standard InChI is InChI=1S/C6H9FO/c1-3-4-6(7)5(2)8/h3,6H,1,4H2,2H3/t6-/m1/s1. The summed E-state index contributed by atoms with van der Waals surface area (Å²) in [4.78, 5) is 10.1. The van der Waals surface area contributed by atoms with Crippen molar-refractivity contribution >= 4 is 5.78 Å². The molecule has 0 aliphatic rings. The summed E-state index contributed by atoms with van der Waals surface area (Å²) in [5.41, 5.74) is 0. The molecule has 0 aromatic heterocycles. The van der Waals surface area contributed by atoms with Gasteiger partial charge in [-0.1, -0.05) is 6.08 Å². The molecular weight excluding hydrogens is 107 g/mol. The fourth-order valence-electron chi connectivity index (χ4n) is 0.312. The number of halogens is 1. The fraction of sp³-hybridized carbons (Fsp3) is 0.500. The van der Waals surface area contributed by atoms with Gasteiger partial charge >= 0.3 is 0 Å². The number of rotatable bonds is 3. The van der Waals surface area contributed by atoms with Crippen LogP contribution in [0.15, 0.2) is 12.7 Å². The topological polar surface area (TPSA) is 17.1 Å². The minimum atomic E-state index is -1.34. The molecule has 0 heterocycles. The van der Waals surface area contributed by atoms with Gasteiger partial charge in [0.2, 0.25) is 0 Å². The van der Waals surface area contributed by atoms with Crippen molar-refractivity contribution in [2.45, 2.75) is 19.5 Å². The van der Waals surface area contributed by atoms with Gasteiger partial charge in [0.15, 0.2) is 12.0 Å². The molecule has 0 unspecified atom stereocenters. The van der Waals surface area contributed by atoms with E-state index < -0.39 is 12.0 Å². The Morgan fingerprint density at radius 1 is 2.00 bits per heavy atom. The maximum Gasteiger partial charge on any atom is 0.164 e. The molecule has 0 radical (unpaired) electrons. The van der Waals surface area contributed by atoms with Crippen molar-refractivity contribution in [3.05, 3.63) is 12.7 Å². The van der Waals surface area contributed by atoms with Gasteiger partial charge in [-0.05, 0) is 6.92 Å². The average Bonchev–Trinajstić information content (AvgIpc) is 1.67. The number of alkyl halides is 1. The summed E-state index contributed by atoms with van der Waals surface area (Å²) in [7, 11) is 0. The summed E-state index contributed by atoms with van der Waals surface area (Å²) < 4.78 is 12.1. The zero-order valence-corrected chi connectivity index (χ0v) is 4.86. The molecule has 0 bridgehead atoms. The van der Waals surface area contributed by atoms with E-state index in [4.69, 9.17) is 0 Å². The molecule has 46 valence electrons. The lowest BCUT2D eigenvalue weighted by molar-refractivity contribution is -0.121. The smallest absolute Gasteiger partial charge is 0.164 e. The highest BCUT2D eigenvalue weighted by Gasteiger charge is 2.07. The molecule has 0 aromatic rings. The van der Waals surface area contributed by atoms with Gasteiger partial charge in [0.25, 0.3) is 0 Å². The number of carbonyl (C=O) groups excluding carboxylic acids is 1. The van der Waals surface area contributed by atoms with Crippen LogP contribution in [0.5, 0.6) is 0 Å². The fourth-order valence-corrected chi connectivity index (χ4v) is 0.312. The molecule has 0 fully saturated rings. The van der Waals surface area contributed by atoms with E-state index in [9.17, 15) is 9.18 Å². The van der Waals surface area contributed by atoms with Crippen LogP contribution in [0.2, 0.25) is 0 Å². The number of Topliss-reactive ketones (excluding diaryl/α,β-unsaturated/α-hetero) is 1. The van der Waals surface area contributed by atoms with Gasteiger partial charge in [0.05, 0.1) is 0 Å². The highest BCUT2D eigenvalue weighted by Crippen LogP contribution is 1.97. The van der Waals surface area contributed by atoms with Crippen molar-refractivity contribution < 1.29 is 9.18 Å². The van der Waals surface area contributed by atoms with Crippen LogP contribution in [-0.4, -0.2) is 12.0 Å². The highest BCUT2D eigenvalue weighted by atomic mass is 19.1. The Morgan fingerprint density at radius 3 is 2.62 bits per heavy atom. The molecule has 0 saturated carbocycles. The first-order valence-corrected chi connectivity index (χ1v) is 2.44. The van der Waals surface area contributed by atoms with Crippen LogP contribution in [0.1, 0.15) is 13.3 Å². The van der Waals surface area contributed by atoms with Crippen molar-refractivity contribution in [2.24, 2.45) is 0 Å². The molecule has 0 N–H and O–H groups in total. The zero-order chi connectivity index (χ0) is 6.57. The Hall–Kier alpha value is -0.660. The number of carbonyl (C=O) groups is 1. The van der Waals surface area contributed by atoms with Crippen molar-refractivity contribution in [3.8, 4) is 0 Å². The van der Waals surface area contributed by atoms with Gasteiger partial charge in [-0.2, -0.15) is 0 Å². The first-order chi connectivity index (χ1) is 3.68. The third-order valence-corrected chi connectivity index (χ3v) is 0.815. The Bertz CT molecular complexity index is 98.7. The molecule has 0 amide bonds. The molecule has 0 saturated heterocycles. The maximum absolute atomic E-state index is 12.1. The largest absolute Gasteiger partial charge is 0.297 e. The third kappa shape index (κ3) is 2.50. The molecule has 0 rings (SSSR count). The third-order valence-electron chi connectivity index (χ3n) is 0.815. The van der Waals surface area contributed by atoms with Crippen LogP contribution in [0.25, 0.3) is 0 Å². The van der Waals surface area contributed by atoms with Gasteiger partial charge < -0.3 is 0 Å². The molecule has 2 heteroatoms.